The fraction of sp³-hybridized carbons (Fsp3) is 0.167. The lowest BCUT2D eigenvalue weighted by Crippen LogP contribution is -2.02. The number of hydrogen-bond acceptors (Lipinski definition) is 6. The summed E-state index contributed by atoms with van der Waals surface area (Å²) >= 11 is 1.49. The van der Waals surface area contributed by atoms with E-state index in [9.17, 15) is 0 Å². The largest absolute Gasteiger partial charge is 0.326 e. The molecule has 0 amide bonds. The first-order valence-corrected chi connectivity index (χ1v) is 6.96. The number of benzene rings is 1. The van der Waals surface area contributed by atoms with Crippen molar-refractivity contribution in [3.05, 3.63) is 36.0 Å². The molecule has 0 aliphatic heterocycles. The highest BCUT2D eigenvalue weighted by molar-refractivity contribution is 7.98. The summed E-state index contributed by atoms with van der Waals surface area (Å²) in [6.07, 6.45) is 3.62. The van der Waals surface area contributed by atoms with Crippen LogP contribution in [0.4, 0.5) is 0 Å². The van der Waals surface area contributed by atoms with E-state index < -0.39 is 0 Å². The molecule has 0 aliphatic rings. The molecular formula is C12H12N6S. The van der Waals surface area contributed by atoms with Gasteiger partial charge in [0.05, 0.1) is 11.9 Å². The summed E-state index contributed by atoms with van der Waals surface area (Å²) < 4.78 is 1.70. The van der Waals surface area contributed by atoms with Crippen LogP contribution in [0.2, 0.25) is 0 Å². The lowest BCUT2D eigenvalue weighted by atomic mass is 10.2. The van der Waals surface area contributed by atoms with E-state index in [1.54, 1.807) is 10.9 Å². The van der Waals surface area contributed by atoms with Crippen molar-refractivity contribution in [2.75, 3.05) is 6.26 Å². The summed E-state index contributed by atoms with van der Waals surface area (Å²) in [6.45, 7) is 0.492. The third-order valence-corrected chi connectivity index (χ3v) is 3.31. The number of hydrogen-bond donors (Lipinski definition) is 1. The summed E-state index contributed by atoms with van der Waals surface area (Å²) in [4.78, 5) is 8.63. The van der Waals surface area contributed by atoms with E-state index in [0.29, 0.717) is 22.9 Å². The maximum absolute atomic E-state index is 5.66. The van der Waals surface area contributed by atoms with E-state index in [2.05, 4.69) is 20.3 Å². The normalized spacial score (nSPS) is 11.1. The first-order valence-electron chi connectivity index (χ1n) is 5.73. The quantitative estimate of drug-likeness (QED) is 0.573. The Morgan fingerprint density at radius 2 is 2.26 bits per heavy atom. The molecule has 0 unspecified atom stereocenters. The topological polar surface area (TPSA) is 82.5 Å². The summed E-state index contributed by atoms with van der Waals surface area (Å²) in [5.74, 6) is 0. The van der Waals surface area contributed by atoms with Gasteiger partial charge in [-0.05, 0) is 24.0 Å². The Morgan fingerprint density at radius 3 is 3.05 bits per heavy atom. The van der Waals surface area contributed by atoms with Crippen LogP contribution in [0, 0.1) is 0 Å². The Kier molecular flexibility index (Phi) is 3.14. The molecule has 0 aliphatic carbocycles. The SMILES string of the molecule is CSc1ncc2nnn(-c3cccc(CN)c3)c2n1. The van der Waals surface area contributed by atoms with Crippen LogP contribution in [-0.2, 0) is 6.54 Å². The van der Waals surface area contributed by atoms with Gasteiger partial charge in [-0.1, -0.05) is 29.1 Å². The van der Waals surface area contributed by atoms with Gasteiger partial charge in [-0.3, -0.25) is 0 Å². The number of fused-ring (bicyclic) bond motifs is 1. The Bertz CT molecular complexity index is 723. The summed E-state index contributed by atoms with van der Waals surface area (Å²) in [5, 5.41) is 8.90. The van der Waals surface area contributed by atoms with E-state index in [0.717, 1.165) is 11.3 Å². The average molecular weight is 272 g/mol. The molecular weight excluding hydrogens is 260 g/mol. The zero-order valence-corrected chi connectivity index (χ0v) is 11.1. The predicted octanol–water partition coefficient (Wildman–Crippen LogP) is 1.39. The van der Waals surface area contributed by atoms with Gasteiger partial charge in [0.25, 0.3) is 0 Å². The summed E-state index contributed by atoms with van der Waals surface area (Å²) in [6, 6.07) is 7.86. The van der Waals surface area contributed by atoms with Gasteiger partial charge in [0.2, 0.25) is 0 Å². The monoisotopic (exact) mass is 272 g/mol. The molecule has 0 atom stereocenters. The zero-order valence-electron chi connectivity index (χ0n) is 10.3. The number of thioether (sulfide) groups is 1. The standard InChI is InChI=1S/C12H12N6S/c1-19-12-14-7-10-11(15-12)18(17-16-10)9-4-2-3-8(5-9)6-13/h2-5,7H,6,13H2,1H3. The molecule has 19 heavy (non-hydrogen) atoms. The van der Waals surface area contributed by atoms with Gasteiger partial charge in [0.1, 0.15) is 0 Å². The highest BCUT2D eigenvalue weighted by Gasteiger charge is 2.09. The highest BCUT2D eigenvalue weighted by Crippen LogP contribution is 2.17. The minimum Gasteiger partial charge on any atom is -0.326 e. The Balaban J connectivity index is 2.18. The fourth-order valence-electron chi connectivity index (χ4n) is 1.80. The van der Waals surface area contributed by atoms with Gasteiger partial charge >= 0.3 is 0 Å². The van der Waals surface area contributed by atoms with Gasteiger partial charge < -0.3 is 5.73 Å². The van der Waals surface area contributed by atoms with Crippen molar-refractivity contribution < 1.29 is 0 Å². The second-order valence-electron chi connectivity index (χ2n) is 3.94. The lowest BCUT2D eigenvalue weighted by molar-refractivity contribution is 0.810. The van der Waals surface area contributed by atoms with Crippen molar-refractivity contribution >= 4 is 22.9 Å². The molecule has 2 aromatic heterocycles. The molecule has 3 rings (SSSR count). The zero-order chi connectivity index (χ0) is 13.2. The van der Waals surface area contributed by atoms with Gasteiger partial charge in [0.15, 0.2) is 16.3 Å². The molecule has 2 N–H and O–H groups in total. The maximum atomic E-state index is 5.66. The first kappa shape index (κ1) is 12.1. The van der Waals surface area contributed by atoms with Crippen LogP contribution in [0.15, 0.2) is 35.6 Å². The summed E-state index contributed by atoms with van der Waals surface area (Å²) in [5.41, 5.74) is 8.98. The molecule has 0 saturated carbocycles. The average Bonchev–Trinajstić information content (AvgIpc) is 2.90. The Morgan fingerprint density at radius 1 is 1.37 bits per heavy atom. The number of nitrogens with zero attached hydrogens (tertiary/aromatic N) is 5. The molecule has 0 saturated heterocycles. The molecule has 0 fully saturated rings. The molecule has 96 valence electrons. The van der Waals surface area contributed by atoms with E-state index in [1.165, 1.54) is 11.8 Å². The highest BCUT2D eigenvalue weighted by atomic mass is 32.2. The first-order chi connectivity index (χ1) is 9.31. The van der Waals surface area contributed by atoms with Crippen molar-refractivity contribution in [3.63, 3.8) is 0 Å². The van der Waals surface area contributed by atoms with E-state index in [1.807, 2.05) is 30.5 Å². The van der Waals surface area contributed by atoms with Crippen LogP contribution in [-0.4, -0.2) is 31.2 Å². The molecule has 2 heterocycles. The Labute approximate surface area is 114 Å². The number of rotatable bonds is 3. The smallest absolute Gasteiger partial charge is 0.189 e. The van der Waals surface area contributed by atoms with Crippen LogP contribution >= 0.6 is 11.8 Å². The van der Waals surface area contributed by atoms with Crippen molar-refractivity contribution in [2.45, 2.75) is 11.7 Å². The molecule has 0 radical (unpaired) electrons. The van der Waals surface area contributed by atoms with Crippen LogP contribution in [0.1, 0.15) is 5.56 Å². The van der Waals surface area contributed by atoms with Crippen LogP contribution < -0.4 is 5.73 Å². The maximum Gasteiger partial charge on any atom is 0.189 e. The Hall–Kier alpha value is -1.99. The van der Waals surface area contributed by atoms with Crippen LogP contribution in [0.25, 0.3) is 16.9 Å². The van der Waals surface area contributed by atoms with Crippen LogP contribution in [0.3, 0.4) is 0 Å². The lowest BCUT2D eigenvalue weighted by Gasteiger charge is -2.04. The van der Waals surface area contributed by atoms with E-state index in [-0.39, 0.29) is 0 Å². The van der Waals surface area contributed by atoms with Crippen molar-refractivity contribution in [1.29, 1.82) is 0 Å². The molecule has 0 spiro atoms. The molecule has 1 aromatic carbocycles. The molecule has 6 nitrogen and oxygen atoms in total. The molecule has 0 bridgehead atoms. The third kappa shape index (κ3) is 2.18. The van der Waals surface area contributed by atoms with E-state index >= 15 is 0 Å². The molecule has 7 heteroatoms. The van der Waals surface area contributed by atoms with Crippen molar-refractivity contribution in [1.82, 2.24) is 25.0 Å². The second-order valence-corrected chi connectivity index (χ2v) is 4.71. The second kappa shape index (κ2) is 4.94. The minimum absolute atomic E-state index is 0.492. The minimum atomic E-state index is 0.492. The molecule has 3 aromatic rings. The fourth-order valence-corrected chi connectivity index (χ4v) is 2.14. The van der Waals surface area contributed by atoms with Crippen molar-refractivity contribution in [2.24, 2.45) is 5.73 Å². The van der Waals surface area contributed by atoms with Crippen molar-refractivity contribution in [3.8, 4) is 5.69 Å². The number of aromatic nitrogens is 5. The van der Waals surface area contributed by atoms with Gasteiger partial charge in [-0.2, -0.15) is 4.68 Å². The van der Waals surface area contributed by atoms with E-state index in [4.69, 9.17) is 5.73 Å². The summed E-state index contributed by atoms with van der Waals surface area (Å²) in [7, 11) is 0. The van der Waals surface area contributed by atoms with Crippen LogP contribution in [0.5, 0.6) is 0 Å². The predicted molar refractivity (Wildman–Crippen MR) is 74.1 cm³/mol. The van der Waals surface area contributed by atoms with Gasteiger partial charge in [-0.25, -0.2) is 9.97 Å². The third-order valence-electron chi connectivity index (χ3n) is 2.74. The van der Waals surface area contributed by atoms with Gasteiger partial charge in [0, 0.05) is 6.54 Å². The van der Waals surface area contributed by atoms with Gasteiger partial charge in [-0.15, -0.1) is 5.10 Å². The number of nitrogens with two attached hydrogens (primary N) is 1.